The lowest BCUT2D eigenvalue weighted by Crippen LogP contribution is -2.55. The van der Waals surface area contributed by atoms with Gasteiger partial charge in [-0.05, 0) is 31.1 Å². The fourth-order valence-electron chi connectivity index (χ4n) is 4.20. The highest BCUT2D eigenvalue weighted by atomic mass is 16.2. The van der Waals surface area contributed by atoms with Crippen LogP contribution in [0.25, 0.3) is 0 Å². The first kappa shape index (κ1) is 16.0. The molecule has 3 aliphatic rings. The van der Waals surface area contributed by atoms with Crippen molar-refractivity contribution in [3.63, 3.8) is 0 Å². The Morgan fingerprint density at radius 1 is 1.09 bits per heavy atom. The molecule has 0 spiro atoms. The number of piperidine rings is 1. The molecule has 2 aliphatic heterocycles. The maximum atomic E-state index is 12.7. The molecule has 126 valence electrons. The molecule has 1 aliphatic carbocycles. The van der Waals surface area contributed by atoms with Gasteiger partial charge in [0.1, 0.15) is 6.54 Å². The number of fused-ring (bicyclic) bond motifs is 1. The van der Waals surface area contributed by atoms with Crippen molar-refractivity contribution in [2.75, 3.05) is 20.1 Å². The van der Waals surface area contributed by atoms with Crippen LogP contribution >= 0.6 is 0 Å². The Morgan fingerprint density at radius 3 is 2.43 bits per heavy atom. The van der Waals surface area contributed by atoms with Gasteiger partial charge in [-0.15, -0.1) is 0 Å². The van der Waals surface area contributed by atoms with Gasteiger partial charge < -0.3 is 4.90 Å². The van der Waals surface area contributed by atoms with Crippen molar-refractivity contribution < 1.29 is 19.2 Å². The number of likely N-dealkylation sites (tertiary alicyclic amines) is 1. The van der Waals surface area contributed by atoms with Gasteiger partial charge >= 0.3 is 17.8 Å². The van der Waals surface area contributed by atoms with Gasteiger partial charge in [0.05, 0.1) is 0 Å². The third-order valence-electron chi connectivity index (χ3n) is 5.60. The van der Waals surface area contributed by atoms with Crippen LogP contribution in [0.2, 0.25) is 0 Å². The summed E-state index contributed by atoms with van der Waals surface area (Å²) in [6.45, 7) is 2.58. The number of urea groups is 1. The number of hydrogen-bond acceptors (Lipinski definition) is 4. The van der Waals surface area contributed by atoms with Gasteiger partial charge in [-0.2, -0.15) is 0 Å². The van der Waals surface area contributed by atoms with E-state index in [2.05, 4.69) is 6.92 Å². The summed E-state index contributed by atoms with van der Waals surface area (Å²) in [6.07, 6.45) is 5.39. The van der Waals surface area contributed by atoms with Crippen LogP contribution in [0.5, 0.6) is 0 Å². The fraction of sp³-hybridized carbons (Fsp3) is 0.750. The van der Waals surface area contributed by atoms with Crippen molar-refractivity contribution in [1.82, 2.24) is 14.7 Å². The predicted octanol–water partition coefficient (Wildman–Crippen LogP) is 0.834. The minimum atomic E-state index is -0.906. The molecular weight excluding hydrogens is 298 g/mol. The second kappa shape index (κ2) is 5.94. The molecule has 3 rings (SSSR count). The average molecular weight is 321 g/mol. The van der Waals surface area contributed by atoms with Crippen LogP contribution in [-0.2, 0) is 14.4 Å². The van der Waals surface area contributed by atoms with Crippen molar-refractivity contribution in [2.45, 2.75) is 45.1 Å². The van der Waals surface area contributed by atoms with E-state index in [0.29, 0.717) is 18.4 Å². The van der Waals surface area contributed by atoms with Crippen molar-refractivity contribution >= 4 is 23.8 Å². The average Bonchev–Trinajstić information content (AvgIpc) is 2.73. The Bertz CT molecular complexity index is 562. The van der Waals surface area contributed by atoms with Crippen LogP contribution in [-0.4, -0.2) is 64.6 Å². The van der Waals surface area contributed by atoms with E-state index >= 15 is 0 Å². The largest absolute Gasteiger partial charge is 0.338 e. The minimum absolute atomic E-state index is 0.209. The van der Waals surface area contributed by atoms with Crippen LogP contribution in [0.15, 0.2) is 0 Å². The van der Waals surface area contributed by atoms with Crippen LogP contribution < -0.4 is 0 Å². The maximum absolute atomic E-state index is 12.7. The number of carbonyl (C=O) groups excluding carboxylic acids is 4. The summed E-state index contributed by atoms with van der Waals surface area (Å²) in [5.41, 5.74) is 0. The predicted molar refractivity (Wildman–Crippen MR) is 81.1 cm³/mol. The summed E-state index contributed by atoms with van der Waals surface area (Å²) < 4.78 is 0. The summed E-state index contributed by atoms with van der Waals surface area (Å²) in [5.74, 6) is -0.886. The van der Waals surface area contributed by atoms with E-state index in [-0.39, 0.29) is 18.5 Å². The number of carbonyl (C=O) groups is 4. The molecule has 0 aromatic rings. The van der Waals surface area contributed by atoms with Gasteiger partial charge in [0.25, 0.3) is 0 Å². The number of likely N-dealkylation sites (N-methyl/N-ethyl adjacent to an activating group) is 1. The third-order valence-corrected chi connectivity index (χ3v) is 5.60. The van der Waals surface area contributed by atoms with E-state index in [0.717, 1.165) is 35.5 Å². The van der Waals surface area contributed by atoms with Crippen molar-refractivity contribution in [3.8, 4) is 0 Å². The van der Waals surface area contributed by atoms with Gasteiger partial charge in [-0.1, -0.05) is 19.8 Å². The molecule has 0 aromatic heterocycles. The zero-order chi connectivity index (χ0) is 16.7. The maximum Gasteiger partial charge on any atom is 0.334 e. The Morgan fingerprint density at radius 2 is 1.78 bits per heavy atom. The molecule has 2 heterocycles. The monoisotopic (exact) mass is 321 g/mol. The molecule has 7 nitrogen and oxygen atoms in total. The number of rotatable bonds is 2. The Kier molecular flexibility index (Phi) is 4.12. The highest BCUT2D eigenvalue weighted by Crippen LogP contribution is 2.38. The molecule has 0 radical (unpaired) electrons. The van der Waals surface area contributed by atoms with E-state index in [1.807, 2.05) is 4.90 Å². The Labute approximate surface area is 135 Å². The molecule has 7 heteroatoms. The molecule has 5 amide bonds. The zero-order valence-electron chi connectivity index (χ0n) is 13.7. The number of hydrogen-bond donors (Lipinski definition) is 0. The zero-order valence-corrected chi connectivity index (χ0v) is 13.7. The first-order valence-electron chi connectivity index (χ1n) is 8.34. The van der Waals surface area contributed by atoms with Gasteiger partial charge in [0.15, 0.2) is 0 Å². The topological polar surface area (TPSA) is 78.0 Å². The lowest BCUT2D eigenvalue weighted by Gasteiger charge is -2.47. The van der Waals surface area contributed by atoms with E-state index in [1.54, 1.807) is 0 Å². The van der Waals surface area contributed by atoms with Crippen molar-refractivity contribution in [1.29, 1.82) is 0 Å². The second-order valence-electron chi connectivity index (χ2n) is 6.91. The van der Waals surface area contributed by atoms with Crippen LogP contribution in [0, 0.1) is 11.8 Å². The molecule has 23 heavy (non-hydrogen) atoms. The van der Waals surface area contributed by atoms with E-state index in [1.165, 1.54) is 13.5 Å². The lowest BCUT2D eigenvalue weighted by atomic mass is 9.72. The minimum Gasteiger partial charge on any atom is -0.338 e. The lowest BCUT2D eigenvalue weighted by molar-refractivity contribution is -0.146. The van der Waals surface area contributed by atoms with Gasteiger partial charge in [0.2, 0.25) is 5.91 Å². The molecule has 0 bridgehead atoms. The quantitative estimate of drug-likeness (QED) is 0.557. The third kappa shape index (κ3) is 2.62. The summed E-state index contributed by atoms with van der Waals surface area (Å²) in [5, 5.41) is 0. The fourth-order valence-corrected chi connectivity index (χ4v) is 4.20. The summed E-state index contributed by atoms with van der Waals surface area (Å²) in [4.78, 5) is 51.3. The smallest absolute Gasteiger partial charge is 0.334 e. The standard InChI is InChI=1S/C16H23N3O4/c1-10-7-8-18(12-6-4-3-5-11(10)12)13(20)9-19-15(22)14(21)17(2)16(19)23/h10-12H,3-9H2,1-2H3/t10-,11+,12-/m1/s1. The summed E-state index contributed by atoms with van der Waals surface area (Å²) in [7, 11) is 1.26. The van der Waals surface area contributed by atoms with E-state index in [9.17, 15) is 19.2 Å². The first-order valence-corrected chi connectivity index (χ1v) is 8.34. The second-order valence-corrected chi connectivity index (χ2v) is 6.91. The SMILES string of the molecule is C[C@@H]1CCN(C(=O)CN2C(=O)C(=O)N(C)C2=O)[C@@H]2CCCC[C@@H]12. The van der Waals surface area contributed by atoms with Gasteiger partial charge in [-0.3, -0.25) is 19.3 Å². The van der Waals surface area contributed by atoms with Crippen LogP contribution in [0.3, 0.4) is 0 Å². The Balaban J connectivity index is 1.72. The van der Waals surface area contributed by atoms with Crippen LogP contribution in [0.1, 0.15) is 39.0 Å². The molecule has 1 saturated carbocycles. The highest BCUT2D eigenvalue weighted by Gasteiger charge is 2.45. The van der Waals surface area contributed by atoms with Gasteiger partial charge in [0, 0.05) is 19.6 Å². The van der Waals surface area contributed by atoms with Crippen molar-refractivity contribution in [3.05, 3.63) is 0 Å². The molecule has 0 unspecified atom stereocenters. The molecule has 0 aromatic carbocycles. The summed E-state index contributed by atoms with van der Waals surface area (Å²) in [6, 6.07) is -0.500. The molecule has 2 saturated heterocycles. The van der Waals surface area contributed by atoms with E-state index < -0.39 is 17.8 Å². The first-order chi connectivity index (χ1) is 10.9. The number of imide groups is 2. The van der Waals surface area contributed by atoms with Crippen LogP contribution in [0.4, 0.5) is 4.79 Å². The number of amides is 5. The molecule has 0 N–H and O–H groups in total. The Hall–Kier alpha value is -1.92. The van der Waals surface area contributed by atoms with E-state index in [4.69, 9.17) is 0 Å². The summed E-state index contributed by atoms with van der Waals surface area (Å²) >= 11 is 0. The van der Waals surface area contributed by atoms with Crippen molar-refractivity contribution in [2.24, 2.45) is 11.8 Å². The molecule has 3 atom stereocenters. The van der Waals surface area contributed by atoms with Gasteiger partial charge in [-0.25, -0.2) is 9.69 Å². The molecule has 3 fully saturated rings. The highest BCUT2D eigenvalue weighted by molar-refractivity contribution is 6.44. The molecular formula is C16H23N3O4. The number of nitrogens with zero attached hydrogens (tertiary/aromatic N) is 3. The normalized spacial score (nSPS) is 31.7.